The zero-order valence-corrected chi connectivity index (χ0v) is 19.8. The number of hydrogen-bond donors (Lipinski definition) is 1. The van der Waals surface area contributed by atoms with Crippen molar-refractivity contribution < 1.29 is 8.91 Å². The quantitative estimate of drug-likeness (QED) is 0.320. The van der Waals surface area contributed by atoms with Crippen LogP contribution in [0.2, 0.25) is 5.02 Å². The minimum Gasteiger partial charge on any atom is -0.351 e. The molecular weight excluding hydrogens is 479 g/mol. The highest BCUT2D eigenvalue weighted by Gasteiger charge is 2.34. The molecule has 3 heterocycles. The summed E-state index contributed by atoms with van der Waals surface area (Å²) < 4.78 is 19.3. The fourth-order valence-corrected chi connectivity index (χ4v) is 4.90. The lowest BCUT2D eigenvalue weighted by Crippen LogP contribution is -2.45. The van der Waals surface area contributed by atoms with Crippen LogP contribution < -0.4 is 5.32 Å². The molecule has 0 spiro atoms. The first-order valence-electron chi connectivity index (χ1n) is 10.2. The summed E-state index contributed by atoms with van der Waals surface area (Å²) in [6.07, 6.45) is 0. The standard InChI is InChI=1S/C24H18ClFN4OS2/c1-14-20(23-28-22(29-31-23)16-4-8-17(25)9-5-16)21(15-6-10-18(26)11-7-15)27-24(32)30(14)13-19-3-2-12-33-19/h2-12,21H,13H2,1H3,(H,27,32). The number of allylic oxidation sites excluding steroid dienone is 1. The Morgan fingerprint density at radius 1 is 1.15 bits per heavy atom. The molecule has 0 fully saturated rings. The third kappa shape index (κ3) is 4.42. The van der Waals surface area contributed by atoms with Crippen LogP contribution in [0.1, 0.15) is 29.3 Å². The molecule has 0 amide bonds. The van der Waals surface area contributed by atoms with Gasteiger partial charge in [-0.3, -0.25) is 0 Å². The van der Waals surface area contributed by atoms with Gasteiger partial charge in [-0.05, 0) is 72.5 Å². The van der Waals surface area contributed by atoms with E-state index in [0.29, 0.717) is 28.4 Å². The van der Waals surface area contributed by atoms with Crippen molar-refractivity contribution in [2.45, 2.75) is 19.5 Å². The Morgan fingerprint density at radius 3 is 2.61 bits per heavy atom. The van der Waals surface area contributed by atoms with Gasteiger partial charge in [-0.15, -0.1) is 11.3 Å². The van der Waals surface area contributed by atoms with E-state index in [4.69, 9.17) is 28.3 Å². The van der Waals surface area contributed by atoms with Crippen molar-refractivity contribution in [1.82, 2.24) is 20.4 Å². The van der Waals surface area contributed by atoms with E-state index in [2.05, 4.69) is 21.5 Å². The molecule has 5 rings (SSSR count). The summed E-state index contributed by atoms with van der Waals surface area (Å²) >= 11 is 13.4. The molecule has 166 valence electrons. The van der Waals surface area contributed by atoms with E-state index < -0.39 is 0 Å². The van der Waals surface area contributed by atoms with Crippen LogP contribution in [-0.2, 0) is 6.54 Å². The molecule has 2 aromatic carbocycles. The van der Waals surface area contributed by atoms with Crippen molar-refractivity contribution in [2.24, 2.45) is 0 Å². The van der Waals surface area contributed by atoms with E-state index in [1.54, 1.807) is 35.6 Å². The highest BCUT2D eigenvalue weighted by molar-refractivity contribution is 7.80. The van der Waals surface area contributed by atoms with Gasteiger partial charge in [-0.2, -0.15) is 4.98 Å². The summed E-state index contributed by atoms with van der Waals surface area (Å²) in [7, 11) is 0. The number of halogens is 2. The summed E-state index contributed by atoms with van der Waals surface area (Å²) in [5, 5.41) is 10.8. The number of hydrogen-bond acceptors (Lipinski definition) is 5. The van der Waals surface area contributed by atoms with Crippen LogP contribution in [0.15, 0.2) is 76.3 Å². The Kier molecular flexibility index (Phi) is 5.97. The fraction of sp³-hybridized carbons (Fsp3) is 0.125. The predicted molar refractivity (Wildman–Crippen MR) is 132 cm³/mol. The molecule has 5 nitrogen and oxygen atoms in total. The topological polar surface area (TPSA) is 54.2 Å². The molecule has 0 saturated heterocycles. The number of benzene rings is 2. The molecule has 0 aliphatic carbocycles. The van der Waals surface area contributed by atoms with Crippen LogP contribution in [-0.4, -0.2) is 20.2 Å². The SMILES string of the molecule is CC1=C(c2nc(-c3ccc(Cl)cc3)no2)C(c2ccc(F)cc2)NC(=S)N1Cc1cccs1. The number of nitrogens with zero attached hydrogens (tertiary/aromatic N) is 3. The van der Waals surface area contributed by atoms with E-state index in [-0.39, 0.29) is 11.9 Å². The summed E-state index contributed by atoms with van der Waals surface area (Å²) in [6.45, 7) is 2.60. The summed E-state index contributed by atoms with van der Waals surface area (Å²) in [5.74, 6) is 0.525. The van der Waals surface area contributed by atoms with E-state index >= 15 is 0 Å². The molecule has 1 aliphatic heterocycles. The second kappa shape index (κ2) is 9.05. The fourth-order valence-electron chi connectivity index (χ4n) is 3.76. The van der Waals surface area contributed by atoms with Crippen LogP contribution in [0.5, 0.6) is 0 Å². The second-order valence-corrected chi connectivity index (χ2v) is 9.38. The van der Waals surface area contributed by atoms with Crippen molar-refractivity contribution in [1.29, 1.82) is 0 Å². The minimum absolute atomic E-state index is 0.304. The molecule has 33 heavy (non-hydrogen) atoms. The van der Waals surface area contributed by atoms with Gasteiger partial charge in [0.05, 0.1) is 18.2 Å². The van der Waals surface area contributed by atoms with Gasteiger partial charge < -0.3 is 14.7 Å². The van der Waals surface area contributed by atoms with Gasteiger partial charge >= 0.3 is 0 Å². The Balaban J connectivity index is 1.59. The van der Waals surface area contributed by atoms with Crippen LogP contribution in [0.3, 0.4) is 0 Å². The molecule has 2 aromatic heterocycles. The number of thiophene rings is 1. The van der Waals surface area contributed by atoms with Crippen LogP contribution in [0.25, 0.3) is 17.0 Å². The van der Waals surface area contributed by atoms with Gasteiger partial charge in [0.25, 0.3) is 5.89 Å². The zero-order chi connectivity index (χ0) is 22.9. The monoisotopic (exact) mass is 496 g/mol. The smallest absolute Gasteiger partial charge is 0.258 e. The molecule has 9 heteroatoms. The molecule has 1 atom stereocenters. The molecule has 1 N–H and O–H groups in total. The van der Waals surface area contributed by atoms with Crippen molar-refractivity contribution in [3.8, 4) is 11.4 Å². The van der Waals surface area contributed by atoms with Crippen LogP contribution >= 0.6 is 35.2 Å². The molecule has 0 radical (unpaired) electrons. The third-order valence-corrected chi connectivity index (χ3v) is 6.90. The van der Waals surface area contributed by atoms with Crippen LogP contribution in [0, 0.1) is 5.82 Å². The second-order valence-electron chi connectivity index (χ2n) is 7.53. The molecule has 1 aliphatic rings. The Labute approximate surface area is 204 Å². The molecule has 4 aromatic rings. The summed E-state index contributed by atoms with van der Waals surface area (Å²) in [6, 6.07) is 17.3. The van der Waals surface area contributed by atoms with Crippen molar-refractivity contribution >= 4 is 45.8 Å². The lowest BCUT2D eigenvalue weighted by Gasteiger charge is -2.37. The number of nitrogens with one attached hydrogen (secondary N) is 1. The van der Waals surface area contributed by atoms with Crippen molar-refractivity contribution in [3.63, 3.8) is 0 Å². The first kappa shape index (κ1) is 21.8. The number of rotatable bonds is 5. The number of aromatic nitrogens is 2. The highest BCUT2D eigenvalue weighted by Crippen LogP contribution is 2.38. The zero-order valence-electron chi connectivity index (χ0n) is 17.5. The Hall–Kier alpha value is -3.07. The third-order valence-electron chi connectivity index (χ3n) is 5.45. The molecule has 0 bridgehead atoms. The maximum Gasteiger partial charge on any atom is 0.258 e. The summed E-state index contributed by atoms with van der Waals surface area (Å²) in [5.41, 5.74) is 3.32. The maximum absolute atomic E-state index is 13.6. The average molecular weight is 497 g/mol. The van der Waals surface area contributed by atoms with Gasteiger partial charge in [-0.25, -0.2) is 4.39 Å². The largest absolute Gasteiger partial charge is 0.351 e. The van der Waals surface area contributed by atoms with E-state index in [1.807, 2.05) is 35.4 Å². The lowest BCUT2D eigenvalue weighted by atomic mass is 9.94. The molecule has 0 saturated carbocycles. The Bertz CT molecular complexity index is 1320. The lowest BCUT2D eigenvalue weighted by molar-refractivity contribution is 0.396. The van der Waals surface area contributed by atoms with Gasteiger partial charge in [0.1, 0.15) is 5.82 Å². The van der Waals surface area contributed by atoms with Gasteiger partial charge in [0.15, 0.2) is 5.11 Å². The van der Waals surface area contributed by atoms with Gasteiger partial charge in [0.2, 0.25) is 5.82 Å². The van der Waals surface area contributed by atoms with Crippen molar-refractivity contribution in [3.05, 3.63) is 98.9 Å². The normalized spacial score (nSPS) is 16.3. The van der Waals surface area contributed by atoms with E-state index in [9.17, 15) is 4.39 Å². The predicted octanol–water partition coefficient (Wildman–Crippen LogP) is 6.45. The number of thiocarbonyl (C=S) groups is 1. The van der Waals surface area contributed by atoms with Crippen LogP contribution in [0.4, 0.5) is 4.39 Å². The Morgan fingerprint density at radius 2 is 1.91 bits per heavy atom. The molecule has 1 unspecified atom stereocenters. The highest BCUT2D eigenvalue weighted by atomic mass is 35.5. The minimum atomic E-state index is -0.365. The first-order chi connectivity index (χ1) is 16.0. The van der Waals surface area contributed by atoms with Gasteiger partial charge in [-0.1, -0.05) is 35.0 Å². The van der Waals surface area contributed by atoms with E-state index in [1.165, 1.54) is 17.0 Å². The summed E-state index contributed by atoms with van der Waals surface area (Å²) in [4.78, 5) is 7.86. The first-order valence-corrected chi connectivity index (χ1v) is 11.8. The maximum atomic E-state index is 13.6. The average Bonchev–Trinajstić information content (AvgIpc) is 3.50. The van der Waals surface area contributed by atoms with E-state index in [0.717, 1.165) is 22.4 Å². The van der Waals surface area contributed by atoms with Gasteiger partial charge in [0, 0.05) is 21.2 Å². The van der Waals surface area contributed by atoms with Crippen molar-refractivity contribution in [2.75, 3.05) is 0 Å². The molecular formula is C24H18ClFN4OS2.